The van der Waals surface area contributed by atoms with Crippen molar-refractivity contribution in [3.63, 3.8) is 0 Å². The lowest BCUT2D eigenvalue weighted by atomic mass is 10.3. The zero-order valence-electron chi connectivity index (χ0n) is 6.94. The van der Waals surface area contributed by atoms with Gasteiger partial charge in [0.25, 0.3) is 0 Å². The SMILES string of the molecule is CC.Cc1cc(=O)[nH]cc1Br. The van der Waals surface area contributed by atoms with Crippen LogP contribution in [0.1, 0.15) is 19.4 Å². The molecule has 0 aliphatic heterocycles. The zero-order valence-corrected chi connectivity index (χ0v) is 8.53. The molecule has 0 bridgehead atoms. The standard InChI is InChI=1S/C6H6BrNO.C2H6/c1-4-2-6(9)8-3-5(4)7;1-2/h2-3H,1H3,(H,8,9);1-2H3. The minimum Gasteiger partial charge on any atom is -0.328 e. The molecule has 0 aliphatic carbocycles. The van der Waals surface area contributed by atoms with Gasteiger partial charge in [-0.1, -0.05) is 13.8 Å². The first-order valence-electron chi connectivity index (χ1n) is 3.55. The molecule has 0 unspecified atom stereocenters. The molecular weight excluding hydrogens is 206 g/mol. The highest BCUT2D eigenvalue weighted by molar-refractivity contribution is 9.10. The maximum Gasteiger partial charge on any atom is 0.248 e. The lowest BCUT2D eigenvalue weighted by Crippen LogP contribution is -2.02. The lowest BCUT2D eigenvalue weighted by Gasteiger charge is -1.91. The number of hydrogen-bond donors (Lipinski definition) is 1. The van der Waals surface area contributed by atoms with Crippen LogP contribution in [0.4, 0.5) is 0 Å². The maximum atomic E-state index is 10.6. The highest BCUT2D eigenvalue weighted by Gasteiger charge is 1.91. The third-order valence-corrected chi connectivity index (χ3v) is 1.92. The van der Waals surface area contributed by atoms with Crippen molar-refractivity contribution in [1.29, 1.82) is 0 Å². The van der Waals surface area contributed by atoms with Gasteiger partial charge in [0, 0.05) is 16.7 Å². The third-order valence-electron chi connectivity index (χ3n) is 1.07. The van der Waals surface area contributed by atoms with E-state index >= 15 is 0 Å². The summed E-state index contributed by atoms with van der Waals surface area (Å²) >= 11 is 3.26. The average molecular weight is 218 g/mol. The molecular formula is C8H12BrNO. The minimum atomic E-state index is -0.0595. The summed E-state index contributed by atoms with van der Waals surface area (Å²) in [5.41, 5.74) is 0.898. The van der Waals surface area contributed by atoms with Gasteiger partial charge >= 0.3 is 0 Å². The number of aromatic amines is 1. The normalized spacial score (nSPS) is 8.36. The topological polar surface area (TPSA) is 32.9 Å². The summed E-state index contributed by atoms with van der Waals surface area (Å²) in [7, 11) is 0. The Morgan fingerprint density at radius 3 is 2.36 bits per heavy atom. The van der Waals surface area contributed by atoms with E-state index in [1.807, 2.05) is 20.8 Å². The highest BCUT2D eigenvalue weighted by Crippen LogP contribution is 2.09. The number of rotatable bonds is 0. The number of halogens is 1. The maximum absolute atomic E-state index is 10.6. The largest absolute Gasteiger partial charge is 0.328 e. The fourth-order valence-corrected chi connectivity index (χ4v) is 0.784. The predicted octanol–water partition coefficient (Wildman–Crippen LogP) is 2.47. The Bertz CT molecular complexity index is 267. The molecule has 0 spiro atoms. The van der Waals surface area contributed by atoms with E-state index in [-0.39, 0.29) is 5.56 Å². The fraction of sp³-hybridized carbons (Fsp3) is 0.375. The molecule has 0 aromatic carbocycles. The Kier molecular flexibility index (Phi) is 4.86. The van der Waals surface area contributed by atoms with Gasteiger partial charge in [-0.2, -0.15) is 0 Å². The minimum absolute atomic E-state index is 0.0595. The molecule has 2 nitrogen and oxygen atoms in total. The summed E-state index contributed by atoms with van der Waals surface area (Å²) in [5, 5.41) is 0. The molecule has 3 heteroatoms. The van der Waals surface area contributed by atoms with Crippen molar-refractivity contribution < 1.29 is 0 Å². The second-order valence-corrected chi connectivity index (χ2v) is 2.68. The number of nitrogens with one attached hydrogen (secondary N) is 1. The zero-order chi connectivity index (χ0) is 8.85. The quantitative estimate of drug-likeness (QED) is 0.712. The Labute approximate surface area is 74.8 Å². The predicted molar refractivity (Wildman–Crippen MR) is 50.8 cm³/mol. The second-order valence-electron chi connectivity index (χ2n) is 1.83. The van der Waals surface area contributed by atoms with Gasteiger partial charge in [-0.3, -0.25) is 4.79 Å². The van der Waals surface area contributed by atoms with Gasteiger partial charge in [-0.25, -0.2) is 0 Å². The molecule has 1 heterocycles. The van der Waals surface area contributed by atoms with Crippen LogP contribution in [0.15, 0.2) is 21.5 Å². The lowest BCUT2D eigenvalue weighted by molar-refractivity contribution is 1.19. The summed E-state index contributed by atoms with van der Waals surface area (Å²) in [6.45, 7) is 5.87. The summed E-state index contributed by atoms with van der Waals surface area (Å²) in [6, 6.07) is 1.55. The number of H-pyrrole nitrogens is 1. The number of hydrogen-bond acceptors (Lipinski definition) is 1. The van der Waals surface area contributed by atoms with Gasteiger partial charge in [0.1, 0.15) is 0 Å². The molecule has 1 N–H and O–H groups in total. The molecule has 1 aromatic rings. The van der Waals surface area contributed by atoms with Crippen LogP contribution in [-0.2, 0) is 0 Å². The average Bonchev–Trinajstić information content (AvgIpc) is 2.02. The number of aryl methyl sites for hydroxylation is 1. The molecule has 1 rings (SSSR count). The second kappa shape index (κ2) is 5.13. The van der Waals surface area contributed by atoms with Crippen LogP contribution in [-0.4, -0.2) is 4.98 Å². The van der Waals surface area contributed by atoms with Crippen LogP contribution in [0, 0.1) is 6.92 Å². The van der Waals surface area contributed by atoms with Crippen LogP contribution < -0.4 is 5.56 Å². The van der Waals surface area contributed by atoms with Gasteiger partial charge in [0.15, 0.2) is 0 Å². The Balaban J connectivity index is 0.000000461. The molecule has 0 amide bonds. The van der Waals surface area contributed by atoms with Crippen LogP contribution in [0.2, 0.25) is 0 Å². The number of aromatic nitrogens is 1. The monoisotopic (exact) mass is 217 g/mol. The van der Waals surface area contributed by atoms with Gasteiger partial charge < -0.3 is 4.98 Å². The van der Waals surface area contributed by atoms with Crippen LogP contribution in [0.5, 0.6) is 0 Å². The summed E-state index contributed by atoms with van der Waals surface area (Å²) in [5.74, 6) is 0. The van der Waals surface area contributed by atoms with E-state index in [1.54, 1.807) is 12.3 Å². The van der Waals surface area contributed by atoms with E-state index in [2.05, 4.69) is 20.9 Å². The van der Waals surface area contributed by atoms with Crippen LogP contribution >= 0.6 is 15.9 Å². The van der Waals surface area contributed by atoms with Crippen molar-refractivity contribution in [2.24, 2.45) is 0 Å². The molecule has 0 saturated carbocycles. The van der Waals surface area contributed by atoms with E-state index in [0.29, 0.717) is 0 Å². The molecule has 0 atom stereocenters. The first kappa shape index (κ1) is 10.4. The van der Waals surface area contributed by atoms with Crippen molar-refractivity contribution in [3.05, 3.63) is 32.7 Å². The number of pyridine rings is 1. The van der Waals surface area contributed by atoms with E-state index in [9.17, 15) is 4.79 Å². The van der Waals surface area contributed by atoms with Gasteiger partial charge in [-0.05, 0) is 28.4 Å². The highest BCUT2D eigenvalue weighted by atomic mass is 79.9. The van der Waals surface area contributed by atoms with E-state index in [1.165, 1.54) is 0 Å². The van der Waals surface area contributed by atoms with Crippen LogP contribution in [0.3, 0.4) is 0 Å². The van der Waals surface area contributed by atoms with Crippen molar-refractivity contribution in [3.8, 4) is 0 Å². The summed E-state index contributed by atoms with van der Waals surface area (Å²) < 4.78 is 0.933. The smallest absolute Gasteiger partial charge is 0.248 e. The van der Waals surface area contributed by atoms with Gasteiger partial charge in [0.2, 0.25) is 5.56 Å². The third kappa shape index (κ3) is 3.37. The van der Waals surface area contributed by atoms with Crippen molar-refractivity contribution in [2.45, 2.75) is 20.8 Å². The van der Waals surface area contributed by atoms with Crippen molar-refractivity contribution in [1.82, 2.24) is 4.98 Å². The van der Waals surface area contributed by atoms with E-state index < -0.39 is 0 Å². The molecule has 1 aromatic heterocycles. The first-order valence-corrected chi connectivity index (χ1v) is 4.34. The molecule has 0 radical (unpaired) electrons. The molecule has 0 saturated heterocycles. The summed E-state index contributed by atoms with van der Waals surface area (Å²) in [6.07, 6.45) is 1.64. The van der Waals surface area contributed by atoms with Crippen LogP contribution in [0.25, 0.3) is 0 Å². The molecule has 62 valence electrons. The fourth-order valence-electron chi connectivity index (χ4n) is 0.556. The van der Waals surface area contributed by atoms with Gasteiger partial charge in [-0.15, -0.1) is 0 Å². The van der Waals surface area contributed by atoms with Crippen molar-refractivity contribution in [2.75, 3.05) is 0 Å². The Hall–Kier alpha value is -0.570. The first-order chi connectivity index (χ1) is 5.20. The Morgan fingerprint density at radius 1 is 1.45 bits per heavy atom. The van der Waals surface area contributed by atoms with E-state index in [0.717, 1.165) is 10.0 Å². The van der Waals surface area contributed by atoms with Gasteiger partial charge in [0.05, 0.1) is 0 Å². The molecule has 0 aliphatic rings. The summed E-state index contributed by atoms with van der Waals surface area (Å²) in [4.78, 5) is 13.1. The van der Waals surface area contributed by atoms with E-state index in [4.69, 9.17) is 0 Å². The molecule has 11 heavy (non-hydrogen) atoms. The van der Waals surface area contributed by atoms with Crippen molar-refractivity contribution >= 4 is 15.9 Å². The molecule has 0 fully saturated rings. The Morgan fingerprint density at radius 2 is 2.00 bits per heavy atom.